The summed E-state index contributed by atoms with van der Waals surface area (Å²) < 4.78 is 28.7. The number of ether oxygens (including phenoxy) is 5. The van der Waals surface area contributed by atoms with Crippen LogP contribution >= 0.6 is 23.5 Å². The van der Waals surface area contributed by atoms with Crippen LogP contribution in [0.4, 0.5) is 0 Å². The monoisotopic (exact) mass is 430 g/mol. The predicted octanol–water partition coefficient (Wildman–Crippen LogP) is 3.20. The molecule has 0 aromatic heterocycles. The molecule has 3 atom stereocenters. The van der Waals surface area contributed by atoms with E-state index in [-0.39, 0.29) is 28.4 Å². The first kappa shape index (κ1) is 20.8. The smallest absolute Gasteiger partial charge is 0.314 e. The highest BCUT2D eigenvalue weighted by Crippen LogP contribution is 2.62. The van der Waals surface area contributed by atoms with Crippen LogP contribution < -0.4 is 0 Å². The lowest BCUT2D eigenvalue weighted by atomic mass is 9.64. The summed E-state index contributed by atoms with van der Waals surface area (Å²) in [7, 11) is 4.85. The van der Waals surface area contributed by atoms with E-state index in [9.17, 15) is 4.79 Å². The number of allylic oxidation sites excluding steroid dienone is 1. The Morgan fingerprint density at radius 2 is 1.96 bits per heavy atom. The van der Waals surface area contributed by atoms with Crippen molar-refractivity contribution in [2.24, 2.45) is 11.3 Å². The number of hydrogen-bond acceptors (Lipinski definition) is 8. The van der Waals surface area contributed by atoms with Gasteiger partial charge in [-0.1, -0.05) is 0 Å². The Kier molecular flexibility index (Phi) is 6.24. The topological polar surface area (TPSA) is 63.2 Å². The Labute approximate surface area is 175 Å². The second kappa shape index (κ2) is 8.38. The Morgan fingerprint density at radius 3 is 2.64 bits per heavy atom. The molecule has 4 aliphatic rings. The number of hydrogen-bond donors (Lipinski definition) is 0. The number of esters is 1. The van der Waals surface area contributed by atoms with Crippen molar-refractivity contribution >= 4 is 29.5 Å². The highest BCUT2D eigenvalue weighted by Gasteiger charge is 2.64. The molecule has 2 fully saturated rings. The van der Waals surface area contributed by atoms with Crippen LogP contribution in [0.3, 0.4) is 0 Å². The van der Waals surface area contributed by atoms with Gasteiger partial charge in [-0.05, 0) is 29.9 Å². The first-order chi connectivity index (χ1) is 13.6. The lowest BCUT2D eigenvalue weighted by molar-refractivity contribution is -0.155. The lowest BCUT2D eigenvalue weighted by Gasteiger charge is -2.46. The molecule has 4 rings (SSSR count). The van der Waals surface area contributed by atoms with Crippen LogP contribution in [0.5, 0.6) is 0 Å². The van der Waals surface area contributed by atoms with Crippen molar-refractivity contribution < 1.29 is 28.5 Å². The zero-order valence-corrected chi connectivity index (χ0v) is 18.5. The molecule has 0 radical (unpaired) electrons. The van der Waals surface area contributed by atoms with E-state index in [4.69, 9.17) is 23.7 Å². The third-order valence-electron chi connectivity index (χ3n) is 6.58. The molecule has 0 N–H and O–H groups in total. The largest absolute Gasteiger partial charge is 0.498 e. The first-order valence-electron chi connectivity index (χ1n) is 9.98. The molecule has 0 amide bonds. The SMILES string of the molecule is COC(=O)[C@]12CCC3=C(CCO3)[C@H]1[C@H](C1(CC(OC)OC)SCCCS1)OC2. The molecule has 3 aliphatic heterocycles. The standard InChI is InChI=1S/C20H30O6S2/c1-22-15(23-2)11-20(27-9-4-10-28-20)17-16-13-6-8-25-14(13)5-7-19(16,12-26-17)18(21)24-3/h15-17H,4-12H2,1-3H3/t16-,17+,19-/m0/s1. The molecule has 158 valence electrons. The number of carbonyl (C=O) groups is 1. The summed E-state index contributed by atoms with van der Waals surface area (Å²) in [6.07, 6.45) is 3.90. The molecule has 0 bridgehead atoms. The van der Waals surface area contributed by atoms with Gasteiger partial charge in [-0.3, -0.25) is 4.79 Å². The zero-order chi connectivity index (χ0) is 19.8. The van der Waals surface area contributed by atoms with Gasteiger partial charge in [0, 0.05) is 39.4 Å². The third kappa shape index (κ3) is 3.29. The van der Waals surface area contributed by atoms with E-state index in [2.05, 4.69) is 0 Å². The molecule has 2 saturated heterocycles. The summed E-state index contributed by atoms with van der Waals surface area (Å²) in [6, 6.07) is 0. The van der Waals surface area contributed by atoms with Gasteiger partial charge in [0.15, 0.2) is 6.29 Å². The Morgan fingerprint density at radius 1 is 1.21 bits per heavy atom. The molecule has 6 nitrogen and oxygen atoms in total. The van der Waals surface area contributed by atoms with Crippen molar-refractivity contribution in [3.63, 3.8) is 0 Å². The van der Waals surface area contributed by atoms with Gasteiger partial charge in [0.25, 0.3) is 0 Å². The van der Waals surface area contributed by atoms with Gasteiger partial charge >= 0.3 is 5.97 Å². The minimum Gasteiger partial charge on any atom is -0.498 e. The Bertz CT molecular complexity index is 628. The van der Waals surface area contributed by atoms with E-state index in [1.807, 2.05) is 23.5 Å². The van der Waals surface area contributed by atoms with E-state index in [0.717, 1.165) is 42.9 Å². The van der Waals surface area contributed by atoms with Crippen LogP contribution in [0.2, 0.25) is 0 Å². The molecule has 0 unspecified atom stereocenters. The van der Waals surface area contributed by atoms with E-state index in [1.54, 1.807) is 14.2 Å². The Hall–Kier alpha value is -0.410. The number of thioether (sulfide) groups is 2. The van der Waals surface area contributed by atoms with Crippen LogP contribution in [-0.2, 0) is 28.5 Å². The molecule has 0 aromatic carbocycles. The van der Waals surface area contributed by atoms with E-state index >= 15 is 0 Å². The van der Waals surface area contributed by atoms with Gasteiger partial charge < -0.3 is 23.7 Å². The normalized spacial score (nSPS) is 34.1. The number of rotatable bonds is 6. The summed E-state index contributed by atoms with van der Waals surface area (Å²) in [4.78, 5) is 13.0. The van der Waals surface area contributed by atoms with Crippen molar-refractivity contribution in [2.75, 3.05) is 46.0 Å². The molecule has 0 aromatic rings. The minimum atomic E-state index is -0.604. The summed E-state index contributed by atoms with van der Waals surface area (Å²) in [5, 5.41) is 0. The highest BCUT2D eigenvalue weighted by atomic mass is 32.2. The summed E-state index contributed by atoms with van der Waals surface area (Å²) >= 11 is 3.87. The molecule has 0 spiro atoms. The summed E-state index contributed by atoms with van der Waals surface area (Å²) in [5.74, 6) is 3.09. The van der Waals surface area contributed by atoms with E-state index < -0.39 is 5.41 Å². The molecule has 3 heterocycles. The first-order valence-corrected chi connectivity index (χ1v) is 12.0. The van der Waals surface area contributed by atoms with Gasteiger partial charge in [-0.15, -0.1) is 23.5 Å². The van der Waals surface area contributed by atoms with E-state index in [1.165, 1.54) is 19.1 Å². The van der Waals surface area contributed by atoms with Crippen molar-refractivity contribution in [1.82, 2.24) is 0 Å². The Balaban J connectivity index is 1.74. The quantitative estimate of drug-likeness (QED) is 0.470. The second-order valence-corrected chi connectivity index (χ2v) is 11.0. The van der Waals surface area contributed by atoms with Crippen molar-refractivity contribution in [1.29, 1.82) is 0 Å². The van der Waals surface area contributed by atoms with Crippen LogP contribution in [-0.4, -0.2) is 68.5 Å². The summed E-state index contributed by atoms with van der Waals surface area (Å²) in [6.45, 7) is 1.12. The molecular weight excluding hydrogens is 400 g/mol. The van der Waals surface area contributed by atoms with Gasteiger partial charge in [-0.25, -0.2) is 0 Å². The molecule has 1 aliphatic carbocycles. The van der Waals surface area contributed by atoms with Crippen molar-refractivity contribution in [3.8, 4) is 0 Å². The number of fused-ring (bicyclic) bond motifs is 2. The zero-order valence-electron chi connectivity index (χ0n) is 16.9. The lowest BCUT2D eigenvalue weighted by Crippen LogP contribution is -2.50. The minimum absolute atomic E-state index is 0.00124. The maximum Gasteiger partial charge on any atom is 0.314 e. The molecule has 0 saturated carbocycles. The predicted molar refractivity (Wildman–Crippen MR) is 109 cm³/mol. The summed E-state index contributed by atoms with van der Waals surface area (Å²) in [5.41, 5.74) is 0.671. The number of methoxy groups -OCH3 is 3. The molecular formula is C20H30O6S2. The van der Waals surface area contributed by atoms with Crippen LogP contribution in [0.25, 0.3) is 0 Å². The highest BCUT2D eigenvalue weighted by molar-refractivity contribution is 8.18. The second-order valence-electron chi connectivity index (χ2n) is 7.87. The average molecular weight is 431 g/mol. The van der Waals surface area contributed by atoms with Crippen molar-refractivity contribution in [2.45, 2.75) is 48.6 Å². The molecule has 28 heavy (non-hydrogen) atoms. The average Bonchev–Trinajstić information content (AvgIpc) is 3.37. The maximum atomic E-state index is 13.0. The third-order valence-corrected chi connectivity index (χ3v) is 10.0. The van der Waals surface area contributed by atoms with E-state index in [0.29, 0.717) is 13.2 Å². The van der Waals surface area contributed by atoms with Gasteiger partial charge in [0.2, 0.25) is 0 Å². The van der Waals surface area contributed by atoms with Crippen LogP contribution in [0.15, 0.2) is 11.3 Å². The van der Waals surface area contributed by atoms with Crippen LogP contribution in [0.1, 0.15) is 32.1 Å². The maximum absolute atomic E-state index is 13.0. The fourth-order valence-corrected chi connectivity index (χ4v) is 8.76. The van der Waals surface area contributed by atoms with Crippen LogP contribution in [0, 0.1) is 11.3 Å². The molecule has 8 heteroatoms. The fraction of sp³-hybridized carbons (Fsp3) is 0.850. The number of carbonyl (C=O) groups excluding carboxylic acids is 1. The van der Waals surface area contributed by atoms with Crippen molar-refractivity contribution in [3.05, 3.63) is 11.3 Å². The van der Waals surface area contributed by atoms with Gasteiger partial charge in [-0.2, -0.15) is 0 Å². The van der Waals surface area contributed by atoms with Gasteiger partial charge in [0.05, 0.1) is 36.3 Å². The van der Waals surface area contributed by atoms with Gasteiger partial charge in [0.1, 0.15) is 5.41 Å². The fourth-order valence-electron chi connectivity index (χ4n) is 5.23.